The summed E-state index contributed by atoms with van der Waals surface area (Å²) in [5.41, 5.74) is -8.57. The monoisotopic (exact) mass is 568 g/mol. The maximum absolute atomic E-state index is 15.6. The summed E-state index contributed by atoms with van der Waals surface area (Å²) in [6, 6.07) is 0. The highest BCUT2D eigenvalue weighted by molar-refractivity contribution is 7.85. The van der Waals surface area contributed by atoms with E-state index in [0.29, 0.717) is 19.3 Å². The van der Waals surface area contributed by atoms with Crippen molar-refractivity contribution >= 4 is 16.1 Å². The third kappa shape index (κ3) is 3.28. The first-order chi connectivity index (χ1) is 16.0. The molecule has 4 bridgehead atoms. The molecule has 1 atom stereocenters. The van der Waals surface area contributed by atoms with Gasteiger partial charge in [-0.05, 0) is 56.3 Å². The lowest BCUT2D eigenvalue weighted by molar-refractivity contribution is -0.489. The summed E-state index contributed by atoms with van der Waals surface area (Å²) >= 11 is 0. The molecule has 5 aliphatic rings. The van der Waals surface area contributed by atoms with Crippen molar-refractivity contribution in [2.24, 2.45) is 23.7 Å². The van der Waals surface area contributed by atoms with Crippen LogP contribution in [0.1, 0.15) is 38.5 Å². The lowest BCUT2D eigenvalue weighted by Crippen LogP contribution is -2.86. The first-order valence-electron chi connectivity index (χ1n) is 10.7. The Morgan fingerprint density at radius 1 is 0.722 bits per heavy atom. The molecule has 1 N–H and O–H groups in total. The molecule has 5 saturated carbocycles. The molecule has 0 aromatic heterocycles. The predicted octanol–water partition coefficient (Wildman–Crippen LogP) is 4.90. The molecular formula is C19H19F11O5S. The largest absolute Gasteiger partial charge is 0.459 e. The second kappa shape index (κ2) is 7.38. The summed E-state index contributed by atoms with van der Waals surface area (Å²) in [4.78, 5) is 12.8. The van der Waals surface area contributed by atoms with Crippen LogP contribution in [0.2, 0.25) is 0 Å². The quantitative estimate of drug-likeness (QED) is 0.290. The van der Waals surface area contributed by atoms with E-state index in [2.05, 4.69) is 0 Å². The number of carbonyl (C=O) groups excluding carboxylic acids is 1. The van der Waals surface area contributed by atoms with E-state index in [-0.39, 0.29) is 37.0 Å². The van der Waals surface area contributed by atoms with Crippen molar-refractivity contribution in [3.63, 3.8) is 0 Å². The minimum absolute atomic E-state index is 0.0131. The van der Waals surface area contributed by atoms with E-state index in [1.807, 2.05) is 0 Å². The van der Waals surface area contributed by atoms with Crippen LogP contribution >= 0.6 is 0 Å². The van der Waals surface area contributed by atoms with Gasteiger partial charge in [0.05, 0.1) is 5.75 Å². The van der Waals surface area contributed by atoms with Gasteiger partial charge in [-0.3, -0.25) is 9.35 Å². The molecular weight excluding hydrogens is 549 g/mol. The van der Waals surface area contributed by atoms with Gasteiger partial charge in [-0.1, -0.05) is 0 Å². The fraction of sp³-hybridized carbons (Fsp3) is 0.947. The van der Waals surface area contributed by atoms with Crippen molar-refractivity contribution in [1.82, 2.24) is 0 Å². The molecule has 0 radical (unpaired) electrons. The molecule has 0 aromatic rings. The van der Waals surface area contributed by atoms with Crippen molar-refractivity contribution < 1.29 is 70.8 Å². The number of ether oxygens (including phenoxy) is 1. The number of alkyl halides is 11. The topological polar surface area (TPSA) is 80.7 Å². The normalized spacial score (nSPS) is 39.4. The van der Waals surface area contributed by atoms with Crippen LogP contribution < -0.4 is 0 Å². The number of rotatable bonds is 5. The van der Waals surface area contributed by atoms with E-state index in [9.17, 15) is 57.1 Å². The molecule has 5 fully saturated rings. The van der Waals surface area contributed by atoms with Crippen LogP contribution in [0.3, 0.4) is 0 Å². The van der Waals surface area contributed by atoms with Crippen molar-refractivity contribution in [2.45, 2.75) is 79.4 Å². The molecule has 5 rings (SSSR count). The van der Waals surface area contributed by atoms with E-state index in [1.165, 1.54) is 0 Å². The summed E-state index contributed by atoms with van der Waals surface area (Å²) in [5.74, 6) is -47.8. The van der Waals surface area contributed by atoms with Gasteiger partial charge >= 0.3 is 35.6 Å². The van der Waals surface area contributed by atoms with Gasteiger partial charge in [-0.2, -0.15) is 52.3 Å². The number of carbonyl (C=O) groups is 1. The number of esters is 1. The molecule has 5 nitrogen and oxygen atoms in total. The third-order valence-electron chi connectivity index (χ3n) is 7.93. The minimum atomic E-state index is -7.53. The molecule has 17 heteroatoms. The second-order valence-corrected chi connectivity index (χ2v) is 11.9. The van der Waals surface area contributed by atoms with E-state index < -0.39 is 68.6 Å². The molecule has 0 spiro atoms. The number of hydrogen-bond donors (Lipinski definition) is 1. The predicted molar refractivity (Wildman–Crippen MR) is 95.5 cm³/mol. The Hall–Kier alpha value is -1.39. The van der Waals surface area contributed by atoms with Crippen molar-refractivity contribution in [3.8, 4) is 0 Å². The Morgan fingerprint density at radius 2 is 1.06 bits per heavy atom. The van der Waals surface area contributed by atoms with Crippen molar-refractivity contribution in [1.29, 1.82) is 0 Å². The van der Waals surface area contributed by atoms with Gasteiger partial charge in [0, 0.05) is 0 Å². The van der Waals surface area contributed by atoms with Crippen LogP contribution in [0, 0.1) is 23.7 Å². The molecule has 0 aliphatic heterocycles. The average molecular weight is 568 g/mol. The van der Waals surface area contributed by atoms with E-state index in [0.717, 1.165) is 0 Å². The van der Waals surface area contributed by atoms with Crippen LogP contribution in [0.5, 0.6) is 0 Å². The molecule has 36 heavy (non-hydrogen) atoms. The van der Waals surface area contributed by atoms with E-state index >= 15 is 4.39 Å². The molecule has 1 unspecified atom stereocenters. The van der Waals surface area contributed by atoms with Crippen molar-refractivity contribution in [3.05, 3.63) is 0 Å². The zero-order chi connectivity index (χ0) is 27.5. The molecule has 0 saturated heterocycles. The summed E-state index contributed by atoms with van der Waals surface area (Å²) in [5, 5.41) is 0. The summed E-state index contributed by atoms with van der Waals surface area (Å²) in [6.45, 7) is 0. The first kappa shape index (κ1) is 27.6. The minimum Gasteiger partial charge on any atom is -0.459 e. The van der Waals surface area contributed by atoms with Crippen LogP contribution in [0.25, 0.3) is 0 Å². The second-order valence-electron chi connectivity index (χ2n) is 10.4. The number of hydrogen-bond acceptors (Lipinski definition) is 4. The van der Waals surface area contributed by atoms with E-state index in [4.69, 9.17) is 9.29 Å². The molecule has 0 aromatic carbocycles. The highest BCUT2D eigenvalue weighted by Gasteiger charge is 3.02. The fourth-order valence-electron chi connectivity index (χ4n) is 6.68. The van der Waals surface area contributed by atoms with Crippen LogP contribution in [-0.2, 0) is 19.6 Å². The maximum Gasteiger partial charge on any atom is 0.384 e. The van der Waals surface area contributed by atoms with Gasteiger partial charge in [0.15, 0.2) is 0 Å². The third-order valence-corrected chi connectivity index (χ3v) is 8.69. The van der Waals surface area contributed by atoms with Gasteiger partial charge in [0.25, 0.3) is 15.8 Å². The lowest BCUT2D eigenvalue weighted by Gasteiger charge is -2.57. The van der Waals surface area contributed by atoms with Gasteiger partial charge < -0.3 is 4.74 Å². The highest BCUT2D eigenvalue weighted by atomic mass is 32.2. The lowest BCUT2D eigenvalue weighted by atomic mass is 9.54. The number of halogens is 11. The standard InChI is InChI=1S/C19H19F11O5S/c20-14(15(21,22)17(25,26)19(29,30)18(27,28)16(14,23)24)11(7-36(32,33)34)12(31)35-13-4-8-1-9(5-13)3-10(2-8)6-13/h8-11H,1-7H2,(H,32,33,34). The van der Waals surface area contributed by atoms with Crippen molar-refractivity contribution in [2.75, 3.05) is 5.75 Å². The molecule has 208 valence electrons. The molecule has 0 amide bonds. The summed E-state index contributed by atoms with van der Waals surface area (Å²) in [6.07, 6.45) is 1.88. The molecule has 0 heterocycles. The first-order valence-corrected chi connectivity index (χ1v) is 12.3. The Balaban J connectivity index is 1.84. The van der Waals surface area contributed by atoms with Crippen LogP contribution in [-0.4, -0.2) is 65.6 Å². The molecule has 5 aliphatic carbocycles. The van der Waals surface area contributed by atoms with Gasteiger partial charge in [-0.15, -0.1) is 0 Å². The SMILES string of the molecule is O=C(OC12CC3CC(CC(C3)C1)C2)C(CS(=O)(=O)O)C1(F)C(F)(F)C(F)(F)C(F)(F)C(F)(F)C1(F)F. The zero-order valence-electron chi connectivity index (χ0n) is 17.9. The highest BCUT2D eigenvalue weighted by Crippen LogP contribution is 2.71. The summed E-state index contributed by atoms with van der Waals surface area (Å²) in [7, 11) is -6.01. The average Bonchev–Trinajstić information content (AvgIpc) is 2.67. The van der Waals surface area contributed by atoms with Crippen LogP contribution in [0.15, 0.2) is 0 Å². The zero-order valence-corrected chi connectivity index (χ0v) is 18.7. The Labute approximate surface area is 196 Å². The fourth-order valence-corrected chi connectivity index (χ4v) is 7.47. The smallest absolute Gasteiger partial charge is 0.384 e. The summed E-state index contributed by atoms with van der Waals surface area (Å²) < 4.78 is 193. The Kier molecular flexibility index (Phi) is 5.66. The Morgan fingerprint density at radius 3 is 1.39 bits per heavy atom. The van der Waals surface area contributed by atoms with E-state index in [1.54, 1.807) is 0 Å². The van der Waals surface area contributed by atoms with Gasteiger partial charge in [0.2, 0.25) is 0 Å². The van der Waals surface area contributed by atoms with Gasteiger partial charge in [0.1, 0.15) is 11.5 Å². The van der Waals surface area contributed by atoms with Gasteiger partial charge in [-0.25, -0.2) is 4.39 Å². The Bertz CT molecular complexity index is 993. The van der Waals surface area contributed by atoms with Crippen LogP contribution in [0.4, 0.5) is 48.3 Å². The maximum atomic E-state index is 15.6.